The summed E-state index contributed by atoms with van der Waals surface area (Å²) in [6.07, 6.45) is -0.0180. The molecule has 23 heavy (non-hydrogen) atoms. The molecule has 0 aromatic carbocycles. The van der Waals surface area contributed by atoms with Gasteiger partial charge in [-0.1, -0.05) is 13.8 Å². The standard InChI is InChI=1S/C16H25F2NO4/c1-10(2)14(21)23-9-15(8-22-11(3)4)13(20)12-5-6-19(15)7-16(12,17)18/h10-12H,5-9H2,1-4H3. The van der Waals surface area contributed by atoms with Crippen molar-refractivity contribution in [2.75, 3.05) is 26.3 Å². The molecule has 0 radical (unpaired) electrons. The quantitative estimate of drug-likeness (QED) is 0.695. The molecule has 3 rings (SSSR count). The Morgan fingerprint density at radius 1 is 1.30 bits per heavy atom. The van der Waals surface area contributed by atoms with Gasteiger partial charge in [0.05, 0.1) is 31.1 Å². The third kappa shape index (κ3) is 3.40. The molecule has 0 spiro atoms. The fourth-order valence-electron chi connectivity index (χ4n) is 3.14. The molecule has 0 aromatic rings. The van der Waals surface area contributed by atoms with Crippen molar-refractivity contribution in [3.63, 3.8) is 0 Å². The number of carbonyl (C=O) groups excluding carboxylic acids is 2. The molecule has 0 saturated carbocycles. The van der Waals surface area contributed by atoms with E-state index in [1.165, 1.54) is 4.90 Å². The van der Waals surface area contributed by atoms with Crippen LogP contribution in [-0.2, 0) is 19.1 Å². The van der Waals surface area contributed by atoms with Gasteiger partial charge in [-0.3, -0.25) is 14.5 Å². The Morgan fingerprint density at radius 2 is 1.96 bits per heavy atom. The number of piperidine rings is 3. The van der Waals surface area contributed by atoms with E-state index in [0.717, 1.165) is 0 Å². The van der Waals surface area contributed by atoms with E-state index in [0.29, 0.717) is 6.54 Å². The Hall–Kier alpha value is -1.08. The van der Waals surface area contributed by atoms with Crippen LogP contribution < -0.4 is 0 Å². The van der Waals surface area contributed by atoms with Gasteiger partial charge in [-0.15, -0.1) is 0 Å². The normalized spacial score (nSPS) is 32.6. The zero-order chi connectivity index (χ0) is 17.4. The van der Waals surface area contributed by atoms with Crippen LogP contribution in [0.3, 0.4) is 0 Å². The second kappa shape index (κ2) is 6.43. The molecule has 0 amide bonds. The molecule has 0 aliphatic carbocycles. The average molecular weight is 333 g/mol. The van der Waals surface area contributed by atoms with Crippen molar-refractivity contribution in [1.82, 2.24) is 4.90 Å². The van der Waals surface area contributed by atoms with Crippen LogP contribution in [-0.4, -0.2) is 60.5 Å². The Labute approximate surface area is 135 Å². The average Bonchev–Trinajstić information content (AvgIpc) is 2.44. The maximum atomic E-state index is 14.0. The number of hydrogen-bond acceptors (Lipinski definition) is 5. The predicted octanol–water partition coefficient (Wildman–Crippen LogP) is 1.89. The highest BCUT2D eigenvalue weighted by Gasteiger charge is 2.64. The lowest BCUT2D eigenvalue weighted by atomic mass is 9.72. The number of hydrogen-bond donors (Lipinski definition) is 0. The van der Waals surface area contributed by atoms with Gasteiger partial charge in [0.1, 0.15) is 12.1 Å². The van der Waals surface area contributed by atoms with Crippen LogP contribution in [0.1, 0.15) is 34.1 Å². The van der Waals surface area contributed by atoms with Crippen molar-refractivity contribution < 1.29 is 27.8 Å². The van der Waals surface area contributed by atoms with Crippen molar-refractivity contribution >= 4 is 11.8 Å². The van der Waals surface area contributed by atoms with Gasteiger partial charge >= 0.3 is 5.97 Å². The van der Waals surface area contributed by atoms with Gasteiger partial charge in [-0.05, 0) is 20.3 Å². The second-order valence-corrected chi connectivity index (χ2v) is 7.04. The molecule has 3 fully saturated rings. The van der Waals surface area contributed by atoms with Crippen LogP contribution in [0.25, 0.3) is 0 Å². The molecule has 0 N–H and O–H groups in total. The summed E-state index contributed by atoms with van der Waals surface area (Å²) in [7, 11) is 0. The van der Waals surface area contributed by atoms with E-state index in [-0.39, 0.29) is 31.7 Å². The summed E-state index contributed by atoms with van der Waals surface area (Å²) in [6, 6.07) is 0. The minimum Gasteiger partial charge on any atom is -0.463 e. The van der Waals surface area contributed by atoms with Crippen LogP contribution >= 0.6 is 0 Å². The largest absolute Gasteiger partial charge is 0.463 e. The highest BCUT2D eigenvalue weighted by atomic mass is 19.3. The molecule has 2 bridgehead atoms. The number of rotatable bonds is 6. The molecule has 3 heterocycles. The van der Waals surface area contributed by atoms with Crippen LogP contribution in [0, 0.1) is 11.8 Å². The Bertz CT molecular complexity index is 481. The van der Waals surface area contributed by atoms with E-state index in [4.69, 9.17) is 9.47 Å². The van der Waals surface area contributed by atoms with E-state index in [9.17, 15) is 18.4 Å². The summed E-state index contributed by atoms with van der Waals surface area (Å²) in [6.45, 7) is 6.60. The van der Waals surface area contributed by atoms with E-state index < -0.39 is 35.7 Å². The number of ketones is 1. The number of esters is 1. The summed E-state index contributed by atoms with van der Waals surface area (Å²) >= 11 is 0. The lowest BCUT2D eigenvalue weighted by molar-refractivity contribution is -0.209. The van der Waals surface area contributed by atoms with Gasteiger partial charge < -0.3 is 9.47 Å². The van der Waals surface area contributed by atoms with Gasteiger partial charge in [0.2, 0.25) is 0 Å². The lowest BCUT2D eigenvalue weighted by Crippen LogP contribution is -2.75. The summed E-state index contributed by atoms with van der Waals surface area (Å²) in [5.74, 6) is -5.71. The van der Waals surface area contributed by atoms with E-state index >= 15 is 0 Å². The maximum Gasteiger partial charge on any atom is 0.308 e. The molecule has 132 valence electrons. The summed E-state index contributed by atoms with van der Waals surface area (Å²) in [4.78, 5) is 25.9. The molecule has 7 heteroatoms. The molecule has 3 saturated heterocycles. The minimum absolute atomic E-state index is 0.0402. The Balaban J connectivity index is 2.24. The molecular formula is C16H25F2NO4. The maximum absolute atomic E-state index is 14.0. The molecule has 3 aliphatic rings. The Morgan fingerprint density at radius 3 is 2.43 bits per heavy atom. The van der Waals surface area contributed by atoms with Gasteiger partial charge in [-0.2, -0.15) is 0 Å². The van der Waals surface area contributed by atoms with Gasteiger partial charge in [0, 0.05) is 6.54 Å². The smallest absolute Gasteiger partial charge is 0.308 e. The molecule has 3 atom stereocenters. The third-order valence-corrected chi connectivity index (χ3v) is 4.56. The van der Waals surface area contributed by atoms with E-state index in [2.05, 4.69) is 0 Å². The number of halogens is 2. The predicted molar refractivity (Wildman–Crippen MR) is 79.3 cm³/mol. The lowest BCUT2D eigenvalue weighted by Gasteiger charge is -2.54. The van der Waals surface area contributed by atoms with Gasteiger partial charge in [0.15, 0.2) is 5.78 Å². The fraction of sp³-hybridized carbons (Fsp3) is 0.875. The molecule has 3 unspecified atom stereocenters. The van der Waals surface area contributed by atoms with E-state index in [1.54, 1.807) is 13.8 Å². The number of nitrogens with zero attached hydrogens (tertiary/aromatic N) is 1. The first-order valence-electron chi connectivity index (χ1n) is 8.05. The summed E-state index contributed by atoms with van der Waals surface area (Å²) in [5.41, 5.74) is -1.29. The molecule has 5 nitrogen and oxygen atoms in total. The van der Waals surface area contributed by atoms with Crippen LogP contribution in [0.15, 0.2) is 0 Å². The number of alkyl halides is 2. The molecular weight excluding hydrogens is 308 g/mol. The first-order valence-corrected chi connectivity index (χ1v) is 8.05. The summed E-state index contributed by atoms with van der Waals surface area (Å²) in [5, 5.41) is 0. The summed E-state index contributed by atoms with van der Waals surface area (Å²) < 4.78 is 38.8. The van der Waals surface area contributed by atoms with Crippen LogP contribution in [0.4, 0.5) is 8.78 Å². The monoisotopic (exact) mass is 333 g/mol. The zero-order valence-corrected chi connectivity index (χ0v) is 14.1. The Kier molecular flexibility index (Phi) is 5.11. The van der Waals surface area contributed by atoms with Crippen molar-refractivity contribution in [1.29, 1.82) is 0 Å². The SMILES string of the molecule is CC(C)OCC1(COC(=O)C(C)C)C(=O)C2CCN1CC2(F)F. The topological polar surface area (TPSA) is 55.8 Å². The fourth-order valence-corrected chi connectivity index (χ4v) is 3.14. The second-order valence-electron chi connectivity index (χ2n) is 7.04. The van der Waals surface area contributed by atoms with Crippen LogP contribution in [0.5, 0.6) is 0 Å². The minimum atomic E-state index is -3.03. The number of fused-ring (bicyclic) bond motifs is 3. The van der Waals surface area contributed by atoms with Crippen molar-refractivity contribution in [3.8, 4) is 0 Å². The number of Topliss-reactive ketones (excluding diaryl/α,β-unsaturated/α-hetero) is 1. The zero-order valence-electron chi connectivity index (χ0n) is 14.1. The van der Waals surface area contributed by atoms with Crippen LogP contribution in [0.2, 0.25) is 0 Å². The molecule has 0 aromatic heterocycles. The number of ether oxygens (including phenoxy) is 2. The highest BCUT2D eigenvalue weighted by molar-refractivity contribution is 5.93. The van der Waals surface area contributed by atoms with Gasteiger partial charge in [0.25, 0.3) is 5.92 Å². The van der Waals surface area contributed by atoms with Crippen molar-refractivity contribution in [2.24, 2.45) is 11.8 Å². The molecule has 3 aliphatic heterocycles. The van der Waals surface area contributed by atoms with Crippen molar-refractivity contribution in [2.45, 2.75) is 51.7 Å². The first kappa shape index (κ1) is 18.3. The third-order valence-electron chi connectivity index (χ3n) is 4.56. The number of carbonyl (C=O) groups is 2. The highest BCUT2D eigenvalue weighted by Crippen LogP contribution is 2.45. The van der Waals surface area contributed by atoms with Crippen molar-refractivity contribution in [3.05, 3.63) is 0 Å². The van der Waals surface area contributed by atoms with E-state index in [1.807, 2.05) is 13.8 Å². The first-order chi connectivity index (χ1) is 10.6. The van der Waals surface area contributed by atoms with Gasteiger partial charge in [-0.25, -0.2) is 8.78 Å².